The summed E-state index contributed by atoms with van der Waals surface area (Å²) >= 11 is 0. The summed E-state index contributed by atoms with van der Waals surface area (Å²) in [5.41, 5.74) is 1.29. The van der Waals surface area contributed by atoms with Gasteiger partial charge in [0.1, 0.15) is 12.2 Å². The molecule has 30 heavy (non-hydrogen) atoms. The van der Waals surface area contributed by atoms with Crippen molar-refractivity contribution in [1.82, 2.24) is 0 Å². The Kier molecular flexibility index (Phi) is 6.56. The smallest absolute Gasteiger partial charge is 0.261 e. The van der Waals surface area contributed by atoms with Crippen LogP contribution < -0.4 is 4.72 Å². The second-order valence-electron chi connectivity index (χ2n) is 6.93. The third kappa shape index (κ3) is 5.26. The van der Waals surface area contributed by atoms with Crippen LogP contribution in [0.1, 0.15) is 24.5 Å². The standard InChI is InChI=1S/C24H23NO4S/c1-3-24(16-14-21(26)15-17-24)29-18-6-8-20-7-4-5-9-23(20)25-30(27,28)22-12-10-19(2)11-13-22/h4-5,7,9-17,25H,3,18H2,1-2H3. The number of carbonyl (C=O) groups excluding carboxylic acids is 1. The summed E-state index contributed by atoms with van der Waals surface area (Å²) in [6.07, 6.45) is 7.13. The summed E-state index contributed by atoms with van der Waals surface area (Å²) < 4.78 is 33.8. The van der Waals surface area contributed by atoms with Crippen molar-refractivity contribution in [2.75, 3.05) is 11.3 Å². The van der Waals surface area contributed by atoms with Crippen LogP contribution in [-0.2, 0) is 19.6 Å². The van der Waals surface area contributed by atoms with Crippen LogP contribution in [0.4, 0.5) is 5.69 Å². The second kappa shape index (κ2) is 9.12. The van der Waals surface area contributed by atoms with E-state index in [1.165, 1.54) is 12.2 Å². The number of ether oxygens (including phenoxy) is 1. The molecule has 5 nitrogen and oxygen atoms in total. The molecule has 1 aliphatic rings. The van der Waals surface area contributed by atoms with E-state index in [4.69, 9.17) is 4.74 Å². The molecule has 0 aliphatic heterocycles. The Hall–Kier alpha value is -3.14. The van der Waals surface area contributed by atoms with Gasteiger partial charge in [-0.15, -0.1) is 0 Å². The van der Waals surface area contributed by atoms with Gasteiger partial charge in [-0.3, -0.25) is 9.52 Å². The van der Waals surface area contributed by atoms with Crippen LogP contribution in [0, 0.1) is 18.8 Å². The molecule has 0 atom stereocenters. The first-order valence-corrected chi connectivity index (χ1v) is 11.1. The number of anilines is 1. The summed E-state index contributed by atoms with van der Waals surface area (Å²) in [5, 5.41) is 0. The molecule has 0 saturated carbocycles. The highest BCUT2D eigenvalue weighted by atomic mass is 32.2. The Balaban J connectivity index is 1.74. The fourth-order valence-corrected chi connectivity index (χ4v) is 3.98. The van der Waals surface area contributed by atoms with Gasteiger partial charge in [0.05, 0.1) is 10.6 Å². The average Bonchev–Trinajstić information content (AvgIpc) is 2.74. The molecule has 3 rings (SSSR count). The van der Waals surface area contributed by atoms with Crippen molar-refractivity contribution in [2.45, 2.75) is 30.8 Å². The first-order chi connectivity index (χ1) is 14.3. The van der Waals surface area contributed by atoms with Gasteiger partial charge in [-0.1, -0.05) is 48.6 Å². The molecule has 0 saturated heterocycles. The lowest BCUT2D eigenvalue weighted by Gasteiger charge is -2.26. The molecule has 0 radical (unpaired) electrons. The third-order valence-corrected chi connectivity index (χ3v) is 6.13. The predicted octanol–water partition coefficient (Wildman–Crippen LogP) is 4.01. The van der Waals surface area contributed by atoms with Gasteiger partial charge in [-0.2, -0.15) is 0 Å². The van der Waals surface area contributed by atoms with E-state index in [0.717, 1.165) is 5.56 Å². The van der Waals surface area contributed by atoms with Crippen molar-refractivity contribution in [3.05, 3.63) is 84.0 Å². The molecule has 0 amide bonds. The zero-order chi connectivity index (χ0) is 21.6. The van der Waals surface area contributed by atoms with Crippen LogP contribution in [0.25, 0.3) is 0 Å². The SMILES string of the molecule is CCC1(OCC#Cc2ccccc2NS(=O)(=O)c2ccc(C)cc2)C=CC(=O)C=C1. The lowest BCUT2D eigenvalue weighted by molar-refractivity contribution is -0.110. The Morgan fingerprint density at radius 3 is 2.37 bits per heavy atom. The summed E-state index contributed by atoms with van der Waals surface area (Å²) in [5.74, 6) is 5.84. The van der Waals surface area contributed by atoms with Crippen LogP contribution in [0.5, 0.6) is 0 Å². The number of nitrogens with one attached hydrogen (secondary N) is 1. The van der Waals surface area contributed by atoms with Crippen molar-refractivity contribution in [3.8, 4) is 11.8 Å². The van der Waals surface area contributed by atoms with E-state index >= 15 is 0 Å². The summed E-state index contributed by atoms with van der Waals surface area (Å²) in [6.45, 7) is 4.00. The van der Waals surface area contributed by atoms with Gasteiger partial charge >= 0.3 is 0 Å². The number of para-hydroxylation sites is 1. The first-order valence-electron chi connectivity index (χ1n) is 9.57. The fraction of sp³-hybridized carbons (Fsp3) is 0.208. The number of hydrogen-bond acceptors (Lipinski definition) is 4. The lowest BCUT2D eigenvalue weighted by Crippen LogP contribution is -2.29. The Morgan fingerprint density at radius 2 is 1.70 bits per heavy atom. The number of carbonyl (C=O) groups is 1. The average molecular weight is 422 g/mol. The van der Waals surface area contributed by atoms with E-state index in [-0.39, 0.29) is 17.3 Å². The van der Waals surface area contributed by atoms with E-state index in [9.17, 15) is 13.2 Å². The summed E-state index contributed by atoms with van der Waals surface area (Å²) in [7, 11) is -3.72. The maximum Gasteiger partial charge on any atom is 0.261 e. The molecule has 6 heteroatoms. The first kappa shape index (κ1) is 21.6. The second-order valence-corrected chi connectivity index (χ2v) is 8.61. The van der Waals surface area contributed by atoms with E-state index in [0.29, 0.717) is 17.7 Å². The zero-order valence-corrected chi connectivity index (χ0v) is 17.7. The van der Waals surface area contributed by atoms with Crippen molar-refractivity contribution < 1.29 is 17.9 Å². The largest absolute Gasteiger partial charge is 0.354 e. The van der Waals surface area contributed by atoms with Crippen LogP contribution >= 0.6 is 0 Å². The topological polar surface area (TPSA) is 72.5 Å². The number of hydrogen-bond donors (Lipinski definition) is 1. The maximum atomic E-state index is 12.7. The van der Waals surface area contributed by atoms with Crippen LogP contribution in [0.2, 0.25) is 0 Å². The van der Waals surface area contributed by atoms with E-state index in [1.54, 1.807) is 60.7 Å². The Bertz CT molecular complexity index is 1130. The van der Waals surface area contributed by atoms with Crippen LogP contribution in [0.15, 0.2) is 77.7 Å². The highest BCUT2D eigenvalue weighted by Gasteiger charge is 2.24. The fourth-order valence-electron chi connectivity index (χ4n) is 2.90. The minimum atomic E-state index is -3.72. The Labute approximate surface area is 177 Å². The van der Waals surface area contributed by atoms with Gasteiger partial charge < -0.3 is 4.74 Å². The number of aryl methyl sites for hydroxylation is 1. The maximum absolute atomic E-state index is 12.7. The van der Waals surface area contributed by atoms with E-state index in [2.05, 4.69) is 16.6 Å². The minimum absolute atomic E-state index is 0.0662. The highest BCUT2D eigenvalue weighted by molar-refractivity contribution is 7.92. The summed E-state index contributed by atoms with van der Waals surface area (Å²) in [6, 6.07) is 13.6. The molecular weight excluding hydrogens is 398 g/mol. The normalized spacial score (nSPS) is 14.8. The van der Waals surface area contributed by atoms with Gasteiger partial charge in [0.25, 0.3) is 10.0 Å². The van der Waals surface area contributed by atoms with Crippen molar-refractivity contribution in [2.24, 2.45) is 0 Å². The predicted molar refractivity (Wildman–Crippen MR) is 118 cm³/mol. The van der Waals surface area contributed by atoms with Crippen molar-refractivity contribution >= 4 is 21.5 Å². The summed E-state index contributed by atoms with van der Waals surface area (Å²) in [4.78, 5) is 11.5. The molecule has 0 aromatic heterocycles. The molecule has 1 aliphatic carbocycles. The lowest BCUT2D eigenvalue weighted by atomic mass is 9.94. The quantitative estimate of drug-likeness (QED) is 0.716. The molecule has 154 valence electrons. The van der Waals surface area contributed by atoms with Gasteiger partial charge in [0.15, 0.2) is 5.78 Å². The van der Waals surface area contributed by atoms with Gasteiger partial charge in [-0.05, 0) is 61.9 Å². The highest BCUT2D eigenvalue weighted by Crippen LogP contribution is 2.23. The van der Waals surface area contributed by atoms with Crippen molar-refractivity contribution in [3.63, 3.8) is 0 Å². The molecular formula is C24H23NO4S. The minimum Gasteiger partial charge on any atom is -0.354 e. The van der Waals surface area contributed by atoms with Crippen molar-refractivity contribution in [1.29, 1.82) is 0 Å². The van der Waals surface area contributed by atoms with E-state index in [1.807, 2.05) is 13.8 Å². The molecule has 2 aromatic rings. The number of allylic oxidation sites excluding steroid dienone is 2. The third-order valence-electron chi connectivity index (χ3n) is 4.75. The monoisotopic (exact) mass is 421 g/mol. The molecule has 0 fully saturated rings. The number of sulfonamides is 1. The molecule has 1 N–H and O–H groups in total. The molecule has 0 heterocycles. The molecule has 0 spiro atoms. The Morgan fingerprint density at radius 1 is 1.03 bits per heavy atom. The molecule has 2 aromatic carbocycles. The molecule has 0 unspecified atom stereocenters. The van der Waals surface area contributed by atoms with Crippen LogP contribution in [0.3, 0.4) is 0 Å². The van der Waals surface area contributed by atoms with Crippen LogP contribution in [-0.4, -0.2) is 26.4 Å². The van der Waals surface area contributed by atoms with Gasteiger partial charge in [0.2, 0.25) is 0 Å². The van der Waals surface area contributed by atoms with E-state index < -0.39 is 15.6 Å². The van der Waals surface area contributed by atoms with Gasteiger partial charge in [0, 0.05) is 5.56 Å². The number of rotatable bonds is 6. The van der Waals surface area contributed by atoms with Gasteiger partial charge in [-0.25, -0.2) is 8.42 Å². The molecule has 0 bridgehead atoms. The zero-order valence-electron chi connectivity index (χ0n) is 16.9. The number of benzene rings is 2. The number of ketones is 1.